The number of ether oxygens (including phenoxy) is 1. The van der Waals surface area contributed by atoms with Crippen molar-refractivity contribution >= 4 is 5.91 Å². The van der Waals surface area contributed by atoms with Gasteiger partial charge in [0.15, 0.2) is 0 Å². The van der Waals surface area contributed by atoms with E-state index in [2.05, 4.69) is 11.1 Å². The highest BCUT2D eigenvalue weighted by Gasteiger charge is 2.24. The average molecular weight is 324 g/mol. The van der Waals surface area contributed by atoms with Crippen molar-refractivity contribution in [3.8, 4) is 5.75 Å². The molecule has 0 saturated carbocycles. The molecule has 0 spiro atoms. The number of amides is 1. The molecule has 1 aromatic carbocycles. The van der Waals surface area contributed by atoms with E-state index < -0.39 is 0 Å². The van der Waals surface area contributed by atoms with Gasteiger partial charge in [-0.25, -0.2) is 0 Å². The predicted molar refractivity (Wildman–Crippen MR) is 93.8 cm³/mol. The first kappa shape index (κ1) is 16.5. The molecule has 0 bridgehead atoms. The standard InChI is InChI=1S/C20H24N2O2/c23-20(12-4-7-17-8-5-13-21-15-17)22-14-6-11-19(16-22)24-18-9-2-1-3-10-18/h1-3,5,8-10,13,15,19H,4,6-7,11-12,14,16H2. The highest BCUT2D eigenvalue weighted by Crippen LogP contribution is 2.19. The van der Waals surface area contributed by atoms with Crippen LogP contribution in [0.2, 0.25) is 0 Å². The molecule has 1 aliphatic heterocycles. The maximum absolute atomic E-state index is 12.4. The third kappa shape index (κ3) is 4.82. The first-order chi connectivity index (χ1) is 11.8. The minimum atomic E-state index is 0.100. The summed E-state index contributed by atoms with van der Waals surface area (Å²) in [6, 6.07) is 13.9. The Morgan fingerprint density at radius 1 is 1.21 bits per heavy atom. The fraction of sp³-hybridized carbons (Fsp3) is 0.400. The number of para-hydroxylation sites is 1. The zero-order valence-electron chi connectivity index (χ0n) is 13.9. The third-order valence-corrected chi connectivity index (χ3v) is 4.36. The van der Waals surface area contributed by atoms with Crippen LogP contribution < -0.4 is 4.74 Å². The van der Waals surface area contributed by atoms with E-state index in [1.54, 1.807) is 6.20 Å². The highest BCUT2D eigenvalue weighted by atomic mass is 16.5. The number of aromatic nitrogens is 1. The Kier molecular flexibility index (Phi) is 5.83. The molecule has 3 rings (SSSR count). The van der Waals surface area contributed by atoms with Crippen LogP contribution in [0.25, 0.3) is 0 Å². The molecule has 24 heavy (non-hydrogen) atoms. The number of pyridine rings is 1. The summed E-state index contributed by atoms with van der Waals surface area (Å²) >= 11 is 0. The summed E-state index contributed by atoms with van der Waals surface area (Å²) in [6.07, 6.45) is 8.11. The van der Waals surface area contributed by atoms with Gasteiger partial charge in [-0.05, 0) is 49.4 Å². The number of likely N-dealkylation sites (tertiary alicyclic amines) is 1. The molecule has 0 N–H and O–H groups in total. The van der Waals surface area contributed by atoms with Crippen LogP contribution in [0.1, 0.15) is 31.2 Å². The number of carbonyl (C=O) groups excluding carboxylic acids is 1. The quantitative estimate of drug-likeness (QED) is 0.817. The van der Waals surface area contributed by atoms with Crippen molar-refractivity contribution in [3.63, 3.8) is 0 Å². The molecule has 126 valence electrons. The lowest BCUT2D eigenvalue weighted by atomic mass is 10.1. The van der Waals surface area contributed by atoms with Gasteiger partial charge in [-0.2, -0.15) is 0 Å². The lowest BCUT2D eigenvalue weighted by Gasteiger charge is -2.33. The molecule has 1 aliphatic rings. The minimum absolute atomic E-state index is 0.100. The van der Waals surface area contributed by atoms with Gasteiger partial charge >= 0.3 is 0 Å². The summed E-state index contributed by atoms with van der Waals surface area (Å²) in [5, 5.41) is 0. The number of piperidine rings is 1. The lowest BCUT2D eigenvalue weighted by molar-refractivity contribution is -0.133. The Hall–Kier alpha value is -2.36. The van der Waals surface area contributed by atoms with Crippen molar-refractivity contribution in [3.05, 3.63) is 60.4 Å². The van der Waals surface area contributed by atoms with Crippen molar-refractivity contribution < 1.29 is 9.53 Å². The van der Waals surface area contributed by atoms with Crippen LogP contribution in [0, 0.1) is 0 Å². The van der Waals surface area contributed by atoms with Crippen LogP contribution in [-0.4, -0.2) is 35.0 Å². The van der Waals surface area contributed by atoms with Crippen LogP contribution in [0.5, 0.6) is 5.75 Å². The zero-order chi connectivity index (χ0) is 16.6. The number of nitrogens with zero attached hydrogens (tertiary/aromatic N) is 2. The molecule has 4 heteroatoms. The number of aryl methyl sites for hydroxylation is 1. The van der Waals surface area contributed by atoms with E-state index in [4.69, 9.17) is 4.74 Å². The molecule has 1 aromatic heterocycles. The Bertz CT molecular complexity index is 631. The van der Waals surface area contributed by atoms with E-state index in [-0.39, 0.29) is 12.0 Å². The summed E-state index contributed by atoms with van der Waals surface area (Å²) in [5.74, 6) is 1.12. The summed E-state index contributed by atoms with van der Waals surface area (Å²) in [5.41, 5.74) is 1.19. The Balaban J connectivity index is 1.44. The van der Waals surface area contributed by atoms with Crippen LogP contribution in [0.4, 0.5) is 0 Å². The monoisotopic (exact) mass is 324 g/mol. The number of benzene rings is 1. The number of hydrogen-bond acceptors (Lipinski definition) is 3. The smallest absolute Gasteiger partial charge is 0.222 e. The van der Waals surface area contributed by atoms with Crippen molar-refractivity contribution in [1.82, 2.24) is 9.88 Å². The first-order valence-corrected chi connectivity index (χ1v) is 8.69. The lowest BCUT2D eigenvalue weighted by Crippen LogP contribution is -2.44. The van der Waals surface area contributed by atoms with Crippen molar-refractivity contribution in [1.29, 1.82) is 0 Å². The van der Waals surface area contributed by atoms with Gasteiger partial charge in [0.25, 0.3) is 0 Å². The molecule has 0 aliphatic carbocycles. The topological polar surface area (TPSA) is 42.4 Å². The molecule has 1 saturated heterocycles. The Labute approximate surface area is 143 Å². The van der Waals surface area contributed by atoms with Gasteiger partial charge < -0.3 is 9.64 Å². The molecular formula is C20H24N2O2. The summed E-state index contributed by atoms with van der Waals surface area (Å²) in [7, 11) is 0. The second-order valence-electron chi connectivity index (χ2n) is 6.25. The molecule has 1 fully saturated rings. The summed E-state index contributed by atoms with van der Waals surface area (Å²) in [6.45, 7) is 1.54. The highest BCUT2D eigenvalue weighted by molar-refractivity contribution is 5.76. The Morgan fingerprint density at radius 2 is 2.08 bits per heavy atom. The number of carbonyl (C=O) groups is 1. The molecule has 1 unspecified atom stereocenters. The molecule has 2 heterocycles. The van der Waals surface area contributed by atoms with Gasteiger partial charge in [0.2, 0.25) is 5.91 Å². The van der Waals surface area contributed by atoms with Crippen LogP contribution in [0.15, 0.2) is 54.9 Å². The number of hydrogen-bond donors (Lipinski definition) is 0. The van der Waals surface area contributed by atoms with Gasteiger partial charge in [-0.3, -0.25) is 9.78 Å². The van der Waals surface area contributed by atoms with Gasteiger partial charge in [0.05, 0.1) is 6.54 Å². The molecule has 4 nitrogen and oxygen atoms in total. The fourth-order valence-electron chi connectivity index (χ4n) is 3.10. The predicted octanol–water partition coefficient (Wildman–Crippen LogP) is 3.47. The zero-order valence-corrected chi connectivity index (χ0v) is 13.9. The maximum atomic E-state index is 12.4. The minimum Gasteiger partial charge on any atom is -0.489 e. The van der Waals surface area contributed by atoms with Crippen molar-refractivity contribution in [2.24, 2.45) is 0 Å². The van der Waals surface area contributed by atoms with Gasteiger partial charge in [-0.15, -0.1) is 0 Å². The molecule has 1 atom stereocenters. The normalized spacial score (nSPS) is 17.5. The van der Waals surface area contributed by atoms with Gasteiger partial charge in [-0.1, -0.05) is 24.3 Å². The first-order valence-electron chi connectivity index (χ1n) is 8.69. The van der Waals surface area contributed by atoms with E-state index in [0.717, 1.165) is 38.0 Å². The third-order valence-electron chi connectivity index (χ3n) is 4.36. The largest absolute Gasteiger partial charge is 0.489 e. The van der Waals surface area contributed by atoms with E-state index in [9.17, 15) is 4.79 Å². The second kappa shape index (κ2) is 8.48. The fourth-order valence-corrected chi connectivity index (χ4v) is 3.10. The maximum Gasteiger partial charge on any atom is 0.222 e. The molecule has 1 amide bonds. The van der Waals surface area contributed by atoms with E-state index >= 15 is 0 Å². The SMILES string of the molecule is O=C(CCCc1cccnc1)N1CCCC(Oc2ccccc2)C1. The number of rotatable bonds is 6. The van der Waals surface area contributed by atoms with Gasteiger partial charge in [0, 0.05) is 25.4 Å². The van der Waals surface area contributed by atoms with Crippen LogP contribution in [-0.2, 0) is 11.2 Å². The van der Waals surface area contributed by atoms with E-state index in [1.165, 1.54) is 5.56 Å². The molecular weight excluding hydrogens is 300 g/mol. The molecule has 2 aromatic rings. The Morgan fingerprint density at radius 3 is 2.88 bits per heavy atom. The summed E-state index contributed by atoms with van der Waals surface area (Å²) in [4.78, 5) is 18.5. The van der Waals surface area contributed by atoms with Crippen LogP contribution >= 0.6 is 0 Å². The van der Waals surface area contributed by atoms with Crippen molar-refractivity contribution in [2.75, 3.05) is 13.1 Å². The van der Waals surface area contributed by atoms with Crippen molar-refractivity contribution in [2.45, 2.75) is 38.2 Å². The van der Waals surface area contributed by atoms with Gasteiger partial charge in [0.1, 0.15) is 11.9 Å². The van der Waals surface area contributed by atoms with E-state index in [0.29, 0.717) is 13.0 Å². The molecule has 0 radical (unpaired) electrons. The van der Waals surface area contributed by atoms with Crippen LogP contribution in [0.3, 0.4) is 0 Å². The second-order valence-corrected chi connectivity index (χ2v) is 6.25. The summed E-state index contributed by atoms with van der Waals surface area (Å²) < 4.78 is 6.01. The van der Waals surface area contributed by atoms with E-state index in [1.807, 2.05) is 47.5 Å². The average Bonchev–Trinajstić information content (AvgIpc) is 2.64.